The van der Waals surface area contributed by atoms with Crippen LogP contribution in [0.25, 0.3) is 0 Å². The normalized spacial score (nSPS) is 24.2. The minimum Gasteiger partial charge on any atom is -0.299 e. The first-order valence-electron chi connectivity index (χ1n) is 5.88. The fourth-order valence-electron chi connectivity index (χ4n) is 2.25. The van der Waals surface area contributed by atoms with Gasteiger partial charge < -0.3 is 0 Å². The first-order chi connectivity index (χ1) is 6.81. The first kappa shape index (κ1) is 9.97. The number of allylic oxidation sites excluding steroid dienone is 1. The molecule has 14 heavy (non-hydrogen) atoms. The lowest BCUT2D eigenvalue weighted by Gasteiger charge is -2.18. The molecule has 0 aromatic rings. The third-order valence-corrected chi connectivity index (χ3v) is 3.42. The van der Waals surface area contributed by atoms with Crippen molar-refractivity contribution in [3.63, 3.8) is 0 Å². The number of nitrogens with zero attached hydrogens (tertiary/aromatic N) is 1. The molecule has 0 atom stereocenters. The van der Waals surface area contributed by atoms with E-state index in [1.807, 2.05) is 0 Å². The van der Waals surface area contributed by atoms with E-state index in [9.17, 15) is 0 Å². The van der Waals surface area contributed by atoms with Gasteiger partial charge in [0.25, 0.3) is 0 Å². The fourth-order valence-corrected chi connectivity index (χ4v) is 2.25. The predicted molar refractivity (Wildman–Crippen MR) is 61.3 cm³/mol. The maximum absolute atomic E-state index is 4.23. The molecule has 2 fully saturated rings. The van der Waals surface area contributed by atoms with Gasteiger partial charge in [-0.2, -0.15) is 0 Å². The first-order valence-corrected chi connectivity index (χ1v) is 5.88. The van der Waals surface area contributed by atoms with E-state index in [0.29, 0.717) is 0 Å². The minimum absolute atomic E-state index is 0.823. The topological polar surface area (TPSA) is 3.24 Å². The molecule has 1 aliphatic heterocycles. The van der Waals surface area contributed by atoms with Gasteiger partial charge in [-0.15, -0.1) is 0 Å². The molecule has 0 aromatic carbocycles. The van der Waals surface area contributed by atoms with Gasteiger partial charge in [0.05, 0.1) is 0 Å². The largest absolute Gasteiger partial charge is 0.299 e. The van der Waals surface area contributed by atoms with Crippen LogP contribution >= 0.6 is 0 Å². The summed E-state index contributed by atoms with van der Waals surface area (Å²) in [4.78, 5) is 2.56. The molecule has 2 rings (SSSR count). The van der Waals surface area contributed by atoms with Crippen molar-refractivity contribution < 1.29 is 0 Å². The second kappa shape index (κ2) is 4.31. The van der Waals surface area contributed by atoms with E-state index in [1.165, 1.54) is 49.9 Å². The van der Waals surface area contributed by atoms with Crippen LogP contribution in [0.15, 0.2) is 23.8 Å². The summed E-state index contributed by atoms with van der Waals surface area (Å²) in [5, 5.41) is 0. The van der Waals surface area contributed by atoms with E-state index in [-0.39, 0.29) is 0 Å². The van der Waals surface area contributed by atoms with Gasteiger partial charge in [-0.05, 0) is 62.8 Å². The Morgan fingerprint density at radius 1 is 1.36 bits per heavy atom. The molecule has 1 heterocycles. The number of rotatable bonds is 4. The van der Waals surface area contributed by atoms with Gasteiger partial charge in [-0.1, -0.05) is 12.7 Å². The standard InChI is InChI=1S/C13H21N/c1-3-12(11(2)13-6-7-13)10-14-8-4-5-9-14/h3,13H,2,4-10H2,1H3/b12-3-. The zero-order valence-corrected chi connectivity index (χ0v) is 9.26. The molecular weight excluding hydrogens is 170 g/mol. The lowest BCUT2D eigenvalue weighted by molar-refractivity contribution is 0.369. The highest BCUT2D eigenvalue weighted by Crippen LogP contribution is 2.39. The van der Waals surface area contributed by atoms with Crippen molar-refractivity contribution >= 4 is 0 Å². The molecule has 0 unspecified atom stereocenters. The molecule has 1 saturated heterocycles. The Hall–Kier alpha value is -0.560. The monoisotopic (exact) mass is 191 g/mol. The van der Waals surface area contributed by atoms with Crippen molar-refractivity contribution in [3.8, 4) is 0 Å². The van der Waals surface area contributed by atoms with Crippen LogP contribution in [0.3, 0.4) is 0 Å². The van der Waals surface area contributed by atoms with Crippen LogP contribution < -0.4 is 0 Å². The van der Waals surface area contributed by atoms with Crippen molar-refractivity contribution in [2.45, 2.75) is 32.6 Å². The van der Waals surface area contributed by atoms with E-state index in [4.69, 9.17) is 0 Å². The zero-order chi connectivity index (χ0) is 9.97. The van der Waals surface area contributed by atoms with Crippen LogP contribution in [0, 0.1) is 5.92 Å². The third-order valence-electron chi connectivity index (χ3n) is 3.42. The van der Waals surface area contributed by atoms with Crippen LogP contribution in [0.2, 0.25) is 0 Å². The van der Waals surface area contributed by atoms with Crippen molar-refractivity contribution in [3.05, 3.63) is 23.8 Å². The molecule has 1 heteroatoms. The van der Waals surface area contributed by atoms with E-state index in [1.54, 1.807) is 0 Å². The lowest BCUT2D eigenvalue weighted by atomic mass is 10.0. The van der Waals surface area contributed by atoms with E-state index < -0.39 is 0 Å². The predicted octanol–water partition coefficient (Wildman–Crippen LogP) is 2.99. The van der Waals surface area contributed by atoms with Crippen LogP contribution in [-0.2, 0) is 0 Å². The summed E-state index contributed by atoms with van der Waals surface area (Å²) in [5.74, 6) is 0.823. The SMILES string of the molecule is C=C(/C(=C\C)CN1CCCC1)C1CC1. The average Bonchev–Trinajstić information content (AvgIpc) is 2.93. The molecule has 1 saturated carbocycles. The van der Waals surface area contributed by atoms with E-state index in [2.05, 4.69) is 24.5 Å². The van der Waals surface area contributed by atoms with Gasteiger partial charge in [0.2, 0.25) is 0 Å². The van der Waals surface area contributed by atoms with Gasteiger partial charge in [0.1, 0.15) is 0 Å². The molecule has 0 amide bonds. The summed E-state index contributed by atoms with van der Waals surface area (Å²) in [6.07, 6.45) is 7.77. The molecule has 78 valence electrons. The Morgan fingerprint density at radius 3 is 2.50 bits per heavy atom. The molecule has 1 aliphatic carbocycles. The molecule has 2 aliphatic rings. The highest BCUT2D eigenvalue weighted by Gasteiger charge is 2.27. The second-order valence-corrected chi connectivity index (χ2v) is 4.60. The van der Waals surface area contributed by atoms with Gasteiger partial charge >= 0.3 is 0 Å². The molecule has 1 nitrogen and oxygen atoms in total. The molecule has 0 radical (unpaired) electrons. The van der Waals surface area contributed by atoms with Crippen molar-refractivity contribution in [1.29, 1.82) is 0 Å². The van der Waals surface area contributed by atoms with Gasteiger partial charge in [0.15, 0.2) is 0 Å². The summed E-state index contributed by atoms with van der Waals surface area (Å²) in [6.45, 7) is 10.1. The number of likely N-dealkylation sites (tertiary alicyclic amines) is 1. The van der Waals surface area contributed by atoms with Gasteiger partial charge in [-0.25, -0.2) is 0 Å². The van der Waals surface area contributed by atoms with Crippen molar-refractivity contribution in [2.24, 2.45) is 5.92 Å². The molecule has 0 bridgehead atoms. The van der Waals surface area contributed by atoms with Crippen LogP contribution in [0.1, 0.15) is 32.6 Å². The Morgan fingerprint density at radius 2 is 2.00 bits per heavy atom. The number of hydrogen-bond acceptors (Lipinski definition) is 1. The average molecular weight is 191 g/mol. The zero-order valence-electron chi connectivity index (χ0n) is 9.26. The summed E-state index contributed by atoms with van der Waals surface area (Å²) in [7, 11) is 0. The highest BCUT2D eigenvalue weighted by atomic mass is 15.1. The van der Waals surface area contributed by atoms with Gasteiger partial charge in [-0.3, -0.25) is 4.90 Å². The molecule has 0 aromatic heterocycles. The smallest absolute Gasteiger partial charge is 0.0233 e. The quantitative estimate of drug-likeness (QED) is 0.617. The highest BCUT2D eigenvalue weighted by molar-refractivity contribution is 5.33. The fraction of sp³-hybridized carbons (Fsp3) is 0.692. The summed E-state index contributed by atoms with van der Waals surface area (Å²) in [5.41, 5.74) is 2.91. The summed E-state index contributed by atoms with van der Waals surface area (Å²) < 4.78 is 0. The van der Waals surface area contributed by atoms with Crippen LogP contribution in [0.5, 0.6) is 0 Å². The molecule has 0 spiro atoms. The minimum atomic E-state index is 0.823. The Bertz CT molecular complexity index is 242. The van der Waals surface area contributed by atoms with E-state index in [0.717, 1.165) is 12.5 Å². The third kappa shape index (κ3) is 2.27. The van der Waals surface area contributed by atoms with Gasteiger partial charge in [0, 0.05) is 6.54 Å². The maximum Gasteiger partial charge on any atom is 0.0233 e. The Kier molecular flexibility index (Phi) is 3.07. The number of hydrogen-bond donors (Lipinski definition) is 0. The van der Waals surface area contributed by atoms with Crippen LogP contribution in [0.4, 0.5) is 0 Å². The maximum atomic E-state index is 4.23. The Labute approximate surface area is 87.5 Å². The second-order valence-electron chi connectivity index (χ2n) is 4.60. The van der Waals surface area contributed by atoms with Crippen molar-refractivity contribution in [1.82, 2.24) is 4.90 Å². The summed E-state index contributed by atoms with van der Waals surface area (Å²) >= 11 is 0. The Balaban J connectivity index is 1.89. The van der Waals surface area contributed by atoms with E-state index >= 15 is 0 Å². The molecule has 0 N–H and O–H groups in total. The lowest BCUT2D eigenvalue weighted by Crippen LogP contribution is -2.22. The summed E-state index contributed by atoms with van der Waals surface area (Å²) in [6, 6.07) is 0. The van der Waals surface area contributed by atoms with Crippen molar-refractivity contribution in [2.75, 3.05) is 19.6 Å². The molecular formula is C13H21N. The van der Waals surface area contributed by atoms with Crippen LogP contribution in [-0.4, -0.2) is 24.5 Å².